The molecule has 1 aliphatic rings. The number of hydrogen-bond donors (Lipinski definition) is 1. The quantitative estimate of drug-likeness (QED) is 0.797. The van der Waals surface area contributed by atoms with E-state index < -0.39 is 0 Å². The monoisotopic (exact) mass is 268 g/mol. The lowest BCUT2D eigenvalue weighted by atomic mass is 10.0. The van der Waals surface area contributed by atoms with Crippen molar-refractivity contribution in [3.8, 4) is 0 Å². The van der Waals surface area contributed by atoms with Gasteiger partial charge in [-0.3, -0.25) is 4.79 Å². The van der Waals surface area contributed by atoms with Crippen LogP contribution < -0.4 is 4.90 Å². The van der Waals surface area contributed by atoms with E-state index in [0.29, 0.717) is 11.6 Å². The van der Waals surface area contributed by atoms with Gasteiger partial charge in [0, 0.05) is 31.2 Å². The van der Waals surface area contributed by atoms with Crippen molar-refractivity contribution in [2.75, 3.05) is 18.5 Å². The first kappa shape index (κ1) is 13.3. The minimum atomic E-state index is -0.122. The number of benzene rings is 1. The van der Waals surface area contributed by atoms with Crippen LogP contribution in [0.5, 0.6) is 0 Å². The maximum atomic E-state index is 11.7. The van der Waals surface area contributed by atoms with Crippen LogP contribution in [0.1, 0.15) is 31.4 Å². The zero-order valence-corrected chi connectivity index (χ0v) is 11.3. The zero-order chi connectivity index (χ0) is 13.3. The molecule has 0 aliphatic carbocycles. The molecule has 1 heterocycles. The van der Waals surface area contributed by atoms with E-state index in [2.05, 4.69) is 0 Å². The average Bonchev–Trinajstić information content (AvgIpc) is 2.47. The van der Waals surface area contributed by atoms with Crippen LogP contribution in [0.3, 0.4) is 0 Å². The molecule has 0 spiro atoms. The van der Waals surface area contributed by atoms with Gasteiger partial charge < -0.3 is 10.1 Å². The van der Waals surface area contributed by atoms with Crippen LogP contribution in [0, 0.1) is 0 Å². The standard InChI is InChI=1S/C13H17ClN2O2/c1-9(17)16-7-3-4-12(15(2)18)11-8-10(14)5-6-13(11)16/h5-6,8,12,18H,3-4,7H2,1-2H3. The van der Waals surface area contributed by atoms with Gasteiger partial charge in [-0.15, -0.1) is 0 Å². The summed E-state index contributed by atoms with van der Waals surface area (Å²) >= 11 is 6.02. The molecular weight excluding hydrogens is 252 g/mol. The summed E-state index contributed by atoms with van der Waals surface area (Å²) in [5.74, 6) is 0.0137. The van der Waals surface area contributed by atoms with Crippen LogP contribution in [-0.2, 0) is 4.79 Å². The third-order valence-electron chi connectivity index (χ3n) is 3.33. The molecule has 1 amide bonds. The molecule has 1 aromatic rings. The van der Waals surface area contributed by atoms with Crippen molar-refractivity contribution in [1.29, 1.82) is 0 Å². The molecule has 1 unspecified atom stereocenters. The van der Waals surface area contributed by atoms with Gasteiger partial charge in [0.05, 0.1) is 6.04 Å². The van der Waals surface area contributed by atoms with Crippen molar-refractivity contribution in [1.82, 2.24) is 5.06 Å². The normalized spacial score (nSPS) is 19.6. The van der Waals surface area contributed by atoms with Crippen molar-refractivity contribution in [3.05, 3.63) is 28.8 Å². The number of amides is 1. The second-order valence-electron chi connectivity index (χ2n) is 4.61. The van der Waals surface area contributed by atoms with Crippen LogP contribution >= 0.6 is 11.6 Å². The Labute approximate surface area is 112 Å². The molecule has 18 heavy (non-hydrogen) atoms. The first-order chi connectivity index (χ1) is 8.50. The summed E-state index contributed by atoms with van der Waals surface area (Å²) in [6.45, 7) is 2.23. The second kappa shape index (κ2) is 5.26. The molecule has 0 saturated carbocycles. The third-order valence-corrected chi connectivity index (χ3v) is 3.56. The van der Waals surface area contributed by atoms with E-state index in [0.717, 1.165) is 24.1 Å². The Morgan fingerprint density at radius 3 is 2.89 bits per heavy atom. The highest BCUT2D eigenvalue weighted by atomic mass is 35.5. The van der Waals surface area contributed by atoms with Gasteiger partial charge in [-0.2, -0.15) is 5.06 Å². The van der Waals surface area contributed by atoms with Gasteiger partial charge in [0.2, 0.25) is 5.91 Å². The molecule has 4 nitrogen and oxygen atoms in total. The Kier molecular flexibility index (Phi) is 3.90. The summed E-state index contributed by atoms with van der Waals surface area (Å²) < 4.78 is 0. The molecule has 1 atom stereocenters. The molecule has 0 radical (unpaired) electrons. The van der Waals surface area contributed by atoms with E-state index >= 15 is 0 Å². The number of halogens is 1. The molecule has 2 rings (SSSR count). The fourth-order valence-electron chi connectivity index (χ4n) is 2.47. The Hall–Kier alpha value is -1.10. The van der Waals surface area contributed by atoms with Crippen molar-refractivity contribution in [2.45, 2.75) is 25.8 Å². The van der Waals surface area contributed by atoms with Crippen LogP contribution in [0.25, 0.3) is 0 Å². The van der Waals surface area contributed by atoms with Gasteiger partial charge in [-0.1, -0.05) is 11.6 Å². The van der Waals surface area contributed by atoms with Crippen molar-refractivity contribution < 1.29 is 10.0 Å². The number of hydrogen-bond acceptors (Lipinski definition) is 3. The van der Waals surface area contributed by atoms with E-state index in [1.807, 2.05) is 12.1 Å². The number of fused-ring (bicyclic) bond motifs is 1. The van der Waals surface area contributed by atoms with Crippen molar-refractivity contribution in [2.24, 2.45) is 0 Å². The number of hydroxylamine groups is 2. The lowest BCUT2D eigenvalue weighted by Gasteiger charge is -2.25. The molecule has 0 aromatic heterocycles. The van der Waals surface area contributed by atoms with E-state index in [9.17, 15) is 10.0 Å². The fraction of sp³-hybridized carbons (Fsp3) is 0.462. The topological polar surface area (TPSA) is 43.8 Å². The molecule has 0 fully saturated rings. The minimum absolute atomic E-state index is 0.0137. The Balaban J connectivity index is 2.53. The van der Waals surface area contributed by atoms with Gasteiger partial charge >= 0.3 is 0 Å². The maximum Gasteiger partial charge on any atom is 0.223 e. The average molecular weight is 269 g/mol. The molecular formula is C13H17ClN2O2. The summed E-state index contributed by atoms with van der Waals surface area (Å²) in [4.78, 5) is 13.4. The number of carbonyl (C=O) groups excluding carboxylic acids is 1. The SMILES string of the molecule is CC(=O)N1CCCC(N(C)O)c2cc(Cl)ccc21. The highest BCUT2D eigenvalue weighted by Gasteiger charge is 2.27. The second-order valence-corrected chi connectivity index (χ2v) is 5.04. The van der Waals surface area contributed by atoms with Gasteiger partial charge in [0.1, 0.15) is 0 Å². The van der Waals surface area contributed by atoms with Crippen molar-refractivity contribution in [3.63, 3.8) is 0 Å². The van der Waals surface area contributed by atoms with Gasteiger partial charge in [0.15, 0.2) is 0 Å². The highest BCUT2D eigenvalue weighted by Crippen LogP contribution is 2.37. The van der Waals surface area contributed by atoms with E-state index in [4.69, 9.17) is 11.6 Å². The number of rotatable bonds is 1. The number of nitrogens with zero attached hydrogens (tertiary/aromatic N) is 2. The van der Waals surface area contributed by atoms with Gasteiger partial charge in [0.25, 0.3) is 0 Å². The Morgan fingerprint density at radius 2 is 2.28 bits per heavy atom. The van der Waals surface area contributed by atoms with Crippen LogP contribution in [0.2, 0.25) is 5.02 Å². The molecule has 1 N–H and O–H groups in total. The minimum Gasteiger partial charge on any atom is -0.314 e. The summed E-state index contributed by atoms with van der Waals surface area (Å²) in [7, 11) is 1.62. The summed E-state index contributed by atoms with van der Waals surface area (Å²) in [5.41, 5.74) is 1.75. The van der Waals surface area contributed by atoms with E-state index in [-0.39, 0.29) is 11.9 Å². The number of anilines is 1. The lowest BCUT2D eigenvalue weighted by Crippen LogP contribution is -2.29. The summed E-state index contributed by atoms with van der Waals surface area (Å²) in [6, 6.07) is 5.33. The van der Waals surface area contributed by atoms with E-state index in [1.165, 1.54) is 5.06 Å². The fourth-order valence-corrected chi connectivity index (χ4v) is 2.65. The molecule has 0 saturated heterocycles. The largest absolute Gasteiger partial charge is 0.314 e. The molecule has 1 aliphatic heterocycles. The lowest BCUT2D eigenvalue weighted by molar-refractivity contribution is -0.116. The Bertz CT molecular complexity index is 462. The summed E-state index contributed by atoms with van der Waals surface area (Å²) in [5, 5.41) is 11.6. The predicted molar refractivity (Wildman–Crippen MR) is 71.0 cm³/mol. The maximum absolute atomic E-state index is 11.7. The van der Waals surface area contributed by atoms with Crippen LogP contribution in [0.4, 0.5) is 5.69 Å². The smallest absolute Gasteiger partial charge is 0.223 e. The van der Waals surface area contributed by atoms with Crippen molar-refractivity contribution >= 4 is 23.2 Å². The first-order valence-electron chi connectivity index (χ1n) is 6.00. The van der Waals surface area contributed by atoms with E-state index in [1.54, 1.807) is 24.9 Å². The van der Waals surface area contributed by atoms with Gasteiger partial charge in [-0.05, 0) is 36.6 Å². The highest BCUT2D eigenvalue weighted by molar-refractivity contribution is 6.30. The Morgan fingerprint density at radius 1 is 1.56 bits per heavy atom. The molecule has 0 bridgehead atoms. The zero-order valence-electron chi connectivity index (χ0n) is 10.6. The van der Waals surface area contributed by atoms with Crippen LogP contribution in [0.15, 0.2) is 18.2 Å². The third kappa shape index (κ3) is 2.51. The molecule has 5 heteroatoms. The summed E-state index contributed by atoms with van der Waals surface area (Å²) in [6.07, 6.45) is 1.64. The van der Waals surface area contributed by atoms with Crippen LogP contribution in [-0.4, -0.2) is 29.8 Å². The molecule has 1 aromatic carbocycles. The predicted octanol–water partition coefficient (Wildman–Crippen LogP) is 2.85. The van der Waals surface area contributed by atoms with Gasteiger partial charge in [-0.25, -0.2) is 0 Å². The first-order valence-corrected chi connectivity index (χ1v) is 6.37. The number of carbonyl (C=O) groups is 1. The molecule has 98 valence electrons.